The van der Waals surface area contributed by atoms with E-state index in [4.69, 9.17) is 5.26 Å². The monoisotopic (exact) mass is 577 g/mol. The summed E-state index contributed by atoms with van der Waals surface area (Å²) in [5.74, 6) is 0. The molecule has 0 amide bonds. The Balaban J connectivity index is 0.00000187. The second-order valence-corrected chi connectivity index (χ2v) is 17.8. The zero-order valence-electron chi connectivity index (χ0n) is 28.0. The van der Waals surface area contributed by atoms with Gasteiger partial charge in [-0.1, -0.05) is 13.3 Å². The third-order valence-corrected chi connectivity index (χ3v) is 14.6. The van der Waals surface area contributed by atoms with Gasteiger partial charge in [-0.3, -0.25) is 4.57 Å². The summed E-state index contributed by atoms with van der Waals surface area (Å²) >= 11 is 0. The van der Waals surface area contributed by atoms with Crippen molar-refractivity contribution >= 4 is 7.26 Å². The minimum atomic E-state index is -1.04. The van der Waals surface area contributed by atoms with E-state index in [1.54, 1.807) is 62.7 Å². The van der Waals surface area contributed by atoms with Gasteiger partial charge in [0.2, 0.25) is 0 Å². The minimum Gasteiger partial charge on any atom is -0.262 e. The van der Waals surface area contributed by atoms with Crippen molar-refractivity contribution < 1.29 is 0 Å². The summed E-state index contributed by atoms with van der Waals surface area (Å²) in [6, 6.07) is 3.62. The van der Waals surface area contributed by atoms with Crippen molar-refractivity contribution in [3.05, 3.63) is 24.5 Å². The van der Waals surface area contributed by atoms with Crippen LogP contribution in [-0.2, 0) is 0 Å². The van der Waals surface area contributed by atoms with Gasteiger partial charge in [0.05, 0.1) is 0 Å². The molecule has 1 aromatic heterocycles. The number of hydrogen-bond acceptors (Lipinski definition) is 1. The molecule has 0 aromatic carbocycles. The van der Waals surface area contributed by atoms with E-state index in [1.165, 1.54) is 133 Å². The van der Waals surface area contributed by atoms with Crippen LogP contribution in [0.2, 0.25) is 0 Å². The Morgan fingerprint density at radius 1 is 0.425 bits per heavy atom. The molecule has 40 heavy (non-hydrogen) atoms. The van der Waals surface area contributed by atoms with E-state index >= 15 is 0 Å². The molecule has 236 valence electrons. The summed E-state index contributed by atoms with van der Waals surface area (Å²) in [5, 5.41) is 8.14. The number of unbranched alkanes of at least 4 members (excludes halogenated alkanes) is 20. The number of rotatable bonds is 28. The molecule has 0 fully saturated rings. The van der Waals surface area contributed by atoms with Gasteiger partial charge in [0.15, 0.2) is 6.19 Å². The number of aromatic nitrogens is 1. The van der Waals surface area contributed by atoms with Crippen molar-refractivity contribution in [3.8, 4) is 6.19 Å². The molecule has 1 rings (SSSR count). The average Bonchev–Trinajstić information content (AvgIpc) is 3.51. The van der Waals surface area contributed by atoms with Crippen molar-refractivity contribution in [1.29, 1.82) is 5.26 Å². The summed E-state index contributed by atoms with van der Waals surface area (Å²) in [7, 11) is -1.04. The summed E-state index contributed by atoms with van der Waals surface area (Å²) < 4.78 is 1.43. The largest absolute Gasteiger partial charge is 0.262 e. The molecule has 3 heteroatoms. The van der Waals surface area contributed by atoms with Gasteiger partial charge in [0, 0.05) is 12.4 Å². The van der Waals surface area contributed by atoms with Crippen molar-refractivity contribution in [3.63, 3.8) is 0 Å². The van der Waals surface area contributed by atoms with E-state index in [-0.39, 0.29) is 0 Å². The van der Waals surface area contributed by atoms with E-state index < -0.39 is 7.26 Å². The second kappa shape index (κ2) is 31.1. The molecule has 0 aliphatic heterocycles. The van der Waals surface area contributed by atoms with Gasteiger partial charge >= 0.3 is 200 Å². The smallest absolute Gasteiger partial charge is 0.188 e. The zero-order chi connectivity index (χ0) is 29.4. The van der Waals surface area contributed by atoms with E-state index in [9.17, 15) is 0 Å². The van der Waals surface area contributed by atoms with Crippen molar-refractivity contribution in [2.75, 3.05) is 24.6 Å². The van der Waals surface area contributed by atoms with Gasteiger partial charge in [-0.15, -0.1) is 0 Å². The number of hydrogen-bond donors (Lipinski definition) is 0. The number of nitrogens with zero attached hydrogens (tertiary/aromatic N) is 2. The standard InChI is InChI=1S/C32H69P.C5H4N2/c1-5-9-13-17-18-19-20-21-22-23-24-28-32-33(29-25-14-10-6-2,30-26-15-11-7-3)31-27-16-12-8-4;6-5-7-3-1-2-4-7/h33H,5-32H2,1-4H3;1-4H. The fraction of sp³-hybridized carbons (Fsp3) is 0.865. The first kappa shape index (κ1) is 39.2. The molecule has 0 unspecified atom stereocenters. The van der Waals surface area contributed by atoms with Crippen LogP contribution >= 0.6 is 7.26 Å². The molecular weight excluding hydrogens is 503 g/mol. The van der Waals surface area contributed by atoms with Gasteiger partial charge in [0.1, 0.15) is 0 Å². The van der Waals surface area contributed by atoms with Gasteiger partial charge in [-0.2, -0.15) is 5.26 Å². The molecule has 0 saturated carbocycles. The molecule has 1 heterocycles. The Labute approximate surface area is 253 Å². The molecule has 1 aromatic rings. The van der Waals surface area contributed by atoms with Crippen LogP contribution in [0, 0.1) is 11.5 Å². The first-order chi connectivity index (χ1) is 19.7. The topological polar surface area (TPSA) is 28.7 Å². The fourth-order valence-electron chi connectivity index (χ4n) is 6.27. The molecule has 0 aliphatic rings. The van der Waals surface area contributed by atoms with Crippen molar-refractivity contribution in [2.45, 2.75) is 182 Å². The maximum Gasteiger partial charge on any atom is 0.188 e. The molecule has 0 spiro atoms. The van der Waals surface area contributed by atoms with Gasteiger partial charge < -0.3 is 0 Å². The molecule has 0 radical (unpaired) electrons. The molecule has 0 bridgehead atoms. The van der Waals surface area contributed by atoms with Crippen LogP contribution in [0.1, 0.15) is 182 Å². The molecular formula is C37H73N2P. The summed E-state index contributed by atoms with van der Waals surface area (Å²) in [5.41, 5.74) is 0. The fourth-order valence-corrected chi connectivity index (χ4v) is 11.8. The quantitative estimate of drug-likeness (QED) is 0.0720. The van der Waals surface area contributed by atoms with E-state index in [2.05, 4.69) is 27.7 Å². The predicted molar refractivity (Wildman–Crippen MR) is 187 cm³/mol. The van der Waals surface area contributed by atoms with E-state index in [0.717, 1.165) is 0 Å². The van der Waals surface area contributed by atoms with Crippen LogP contribution in [0.3, 0.4) is 0 Å². The number of nitriles is 1. The maximum atomic E-state index is 8.14. The van der Waals surface area contributed by atoms with Crippen LogP contribution in [0.4, 0.5) is 0 Å². The summed E-state index contributed by atoms with van der Waals surface area (Å²) in [6.07, 6.45) is 47.6. The minimum absolute atomic E-state index is 1.04. The van der Waals surface area contributed by atoms with Gasteiger partial charge in [0.25, 0.3) is 0 Å². The third-order valence-electron chi connectivity index (χ3n) is 8.96. The molecule has 0 N–H and O–H groups in total. The molecule has 0 aliphatic carbocycles. The average molecular weight is 577 g/mol. The van der Waals surface area contributed by atoms with Crippen molar-refractivity contribution in [1.82, 2.24) is 4.57 Å². The first-order valence-electron chi connectivity index (χ1n) is 18.2. The molecule has 0 saturated heterocycles. The summed E-state index contributed by atoms with van der Waals surface area (Å²) in [4.78, 5) is 0. The SMILES string of the molecule is CCCCCCCCCCCCCC[PH](CCCCCC)(CCCCCC)CCCCCC.N#Cn1cccc1. The van der Waals surface area contributed by atoms with E-state index in [1.807, 2.05) is 18.3 Å². The van der Waals surface area contributed by atoms with Crippen LogP contribution < -0.4 is 0 Å². The van der Waals surface area contributed by atoms with Crippen LogP contribution in [0.25, 0.3) is 0 Å². The molecule has 2 nitrogen and oxygen atoms in total. The van der Waals surface area contributed by atoms with Crippen molar-refractivity contribution in [2.24, 2.45) is 0 Å². The third kappa shape index (κ3) is 25.0. The summed E-state index contributed by atoms with van der Waals surface area (Å²) in [6.45, 7) is 9.42. The van der Waals surface area contributed by atoms with E-state index in [0.29, 0.717) is 0 Å². The second-order valence-electron chi connectivity index (χ2n) is 12.8. The first-order valence-corrected chi connectivity index (χ1v) is 21.0. The Hall–Kier alpha value is -0.800. The van der Waals surface area contributed by atoms with Crippen LogP contribution in [0.5, 0.6) is 0 Å². The molecule has 0 atom stereocenters. The Kier molecular flexibility index (Phi) is 30.5. The Bertz CT molecular complexity index is 602. The van der Waals surface area contributed by atoms with Crippen LogP contribution in [0.15, 0.2) is 24.5 Å². The zero-order valence-corrected chi connectivity index (χ0v) is 29.0. The van der Waals surface area contributed by atoms with Gasteiger partial charge in [-0.05, 0) is 12.1 Å². The Morgan fingerprint density at radius 3 is 0.925 bits per heavy atom. The Morgan fingerprint density at radius 2 is 0.675 bits per heavy atom. The van der Waals surface area contributed by atoms with Gasteiger partial charge in [-0.25, -0.2) is 0 Å². The maximum absolute atomic E-state index is 8.14. The normalized spacial score (nSPS) is 11.7. The predicted octanol–water partition coefficient (Wildman–Crippen LogP) is 13.0. The van der Waals surface area contributed by atoms with Crippen LogP contribution in [-0.4, -0.2) is 29.2 Å².